The van der Waals surface area contributed by atoms with Gasteiger partial charge >= 0.3 is 6.03 Å². The second kappa shape index (κ2) is 9.62. The Hall–Kier alpha value is -4.15. The van der Waals surface area contributed by atoms with Gasteiger partial charge in [0, 0.05) is 18.8 Å². The first-order valence-electron chi connectivity index (χ1n) is 12.5. The summed E-state index contributed by atoms with van der Waals surface area (Å²) in [5, 5.41) is 16.9. The Balaban J connectivity index is 1.33. The van der Waals surface area contributed by atoms with Gasteiger partial charge in [-0.2, -0.15) is 0 Å². The van der Waals surface area contributed by atoms with Crippen molar-refractivity contribution in [1.82, 2.24) is 15.2 Å². The molecule has 3 amide bonds. The molecule has 0 bridgehead atoms. The summed E-state index contributed by atoms with van der Waals surface area (Å²) in [7, 11) is 2.05. The lowest BCUT2D eigenvalue weighted by Crippen LogP contribution is -2.46. The van der Waals surface area contributed by atoms with Gasteiger partial charge < -0.3 is 25.4 Å². The Morgan fingerprint density at radius 2 is 2.05 bits per heavy atom. The van der Waals surface area contributed by atoms with Crippen LogP contribution in [0.15, 0.2) is 54.7 Å². The molecule has 3 N–H and O–H groups in total. The van der Waals surface area contributed by atoms with Crippen LogP contribution in [0.25, 0.3) is 10.2 Å². The maximum atomic E-state index is 13.5. The average molecular weight is 530 g/mol. The number of benzene rings is 2. The van der Waals surface area contributed by atoms with Gasteiger partial charge in [0.15, 0.2) is 11.5 Å². The standard InChI is InChI=1S/C28H27N5O4S/c1-16-14-18(37-22-8-4-3-7-21(22)34)9-10-19(16)33-20-11-12-29-27-23(20)24(31-28(33)36)25(38-27)26(35)30-17-6-5-13-32(2)15-17/h3-4,7-12,14,17,34H,5-6,13,15H2,1-2H3,(H,30,35)(H,31,36)/t17-/m1/s1. The van der Waals surface area contributed by atoms with Crippen LogP contribution in [-0.2, 0) is 0 Å². The van der Waals surface area contributed by atoms with Gasteiger partial charge in [0.25, 0.3) is 5.91 Å². The molecular formula is C28H27N5O4S. The minimum Gasteiger partial charge on any atom is -0.504 e. The highest BCUT2D eigenvalue weighted by Gasteiger charge is 2.34. The molecule has 4 heterocycles. The van der Waals surface area contributed by atoms with Crippen molar-refractivity contribution < 1.29 is 19.4 Å². The third-order valence-electron chi connectivity index (χ3n) is 6.91. The predicted molar refractivity (Wildman–Crippen MR) is 148 cm³/mol. The summed E-state index contributed by atoms with van der Waals surface area (Å²) in [4.78, 5) is 36.2. The number of likely N-dealkylation sites (N-methyl/N-ethyl adjacent to an activating group) is 1. The van der Waals surface area contributed by atoms with Crippen molar-refractivity contribution >= 4 is 50.6 Å². The lowest BCUT2D eigenvalue weighted by atomic mass is 10.1. The Labute approximate surface area is 223 Å². The number of nitrogens with zero attached hydrogens (tertiary/aromatic N) is 3. The molecular weight excluding hydrogens is 502 g/mol. The number of urea groups is 1. The van der Waals surface area contributed by atoms with E-state index in [1.165, 1.54) is 11.3 Å². The fraction of sp³-hybridized carbons (Fsp3) is 0.250. The van der Waals surface area contributed by atoms with Gasteiger partial charge in [-0.3, -0.25) is 9.69 Å². The van der Waals surface area contributed by atoms with Crippen LogP contribution < -0.4 is 20.3 Å². The van der Waals surface area contributed by atoms with Crippen molar-refractivity contribution in [3.63, 3.8) is 0 Å². The maximum absolute atomic E-state index is 13.5. The van der Waals surface area contributed by atoms with E-state index in [9.17, 15) is 14.7 Å². The number of phenols is 1. The zero-order valence-corrected chi connectivity index (χ0v) is 21.8. The van der Waals surface area contributed by atoms with Crippen LogP contribution in [0.3, 0.4) is 0 Å². The van der Waals surface area contributed by atoms with E-state index in [1.807, 2.05) is 13.0 Å². The summed E-state index contributed by atoms with van der Waals surface area (Å²) in [6, 6.07) is 13.6. The van der Waals surface area contributed by atoms with Crippen LogP contribution in [0.4, 0.5) is 21.9 Å². The van der Waals surface area contributed by atoms with Crippen LogP contribution in [0.2, 0.25) is 0 Å². The Morgan fingerprint density at radius 3 is 2.84 bits per heavy atom. The predicted octanol–water partition coefficient (Wildman–Crippen LogP) is 5.61. The van der Waals surface area contributed by atoms with E-state index in [0.717, 1.165) is 36.9 Å². The molecule has 0 saturated carbocycles. The molecule has 2 aliphatic rings. The summed E-state index contributed by atoms with van der Waals surface area (Å²) in [5.41, 5.74) is 2.65. The number of aryl methyl sites for hydroxylation is 1. The van der Waals surface area contributed by atoms with Crippen molar-refractivity contribution in [2.45, 2.75) is 25.8 Å². The Bertz CT molecular complexity index is 1570. The monoisotopic (exact) mass is 529 g/mol. The largest absolute Gasteiger partial charge is 0.504 e. The zero-order valence-electron chi connectivity index (χ0n) is 21.0. The number of likely N-dealkylation sites (tertiary alicyclic amines) is 1. The molecule has 38 heavy (non-hydrogen) atoms. The van der Waals surface area contributed by atoms with Crippen molar-refractivity contribution in [1.29, 1.82) is 0 Å². The number of carbonyl (C=O) groups excluding carboxylic acids is 2. The topological polar surface area (TPSA) is 107 Å². The molecule has 0 radical (unpaired) electrons. The number of amides is 3. The Kier molecular flexibility index (Phi) is 6.13. The van der Waals surface area contributed by atoms with Crippen LogP contribution in [0.5, 0.6) is 17.2 Å². The molecule has 194 valence electrons. The molecule has 1 atom stereocenters. The summed E-state index contributed by atoms with van der Waals surface area (Å²) in [5.74, 6) is 0.738. The van der Waals surface area contributed by atoms with Gasteiger partial charge in [-0.25, -0.2) is 9.78 Å². The van der Waals surface area contributed by atoms with Gasteiger partial charge in [0.1, 0.15) is 15.5 Å². The molecule has 2 aromatic heterocycles. The van der Waals surface area contributed by atoms with E-state index in [2.05, 4.69) is 27.6 Å². The van der Waals surface area contributed by atoms with E-state index in [0.29, 0.717) is 38.3 Å². The number of rotatable bonds is 5. The molecule has 0 unspecified atom stereocenters. The van der Waals surface area contributed by atoms with Crippen molar-refractivity contribution in [2.75, 3.05) is 30.4 Å². The van der Waals surface area contributed by atoms with E-state index < -0.39 is 0 Å². The molecule has 1 saturated heterocycles. The van der Waals surface area contributed by atoms with Gasteiger partial charge in [0.05, 0.1) is 22.4 Å². The molecule has 2 aromatic carbocycles. The van der Waals surface area contributed by atoms with Crippen LogP contribution in [-0.4, -0.2) is 53.1 Å². The molecule has 6 rings (SSSR count). The highest BCUT2D eigenvalue weighted by atomic mass is 32.1. The minimum atomic E-state index is -0.354. The fourth-order valence-corrected chi connectivity index (χ4v) is 6.15. The average Bonchev–Trinajstić information content (AvgIpc) is 3.26. The summed E-state index contributed by atoms with van der Waals surface area (Å²) < 4.78 is 5.85. The third kappa shape index (κ3) is 4.31. The Morgan fingerprint density at radius 1 is 1.21 bits per heavy atom. The lowest BCUT2D eigenvalue weighted by molar-refractivity contribution is 0.0917. The van der Waals surface area contributed by atoms with Crippen molar-refractivity contribution in [3.8, 4) is 17.2 Å². The zero-order chi connectivity index (χ0) is 26.4. The molecule has 0 spiro atoms. The second-order valence-electron chi connectivity index (χ2n) is 9.67. The van der Waals surface area contributed by atoms with Gasteiger partial charge in [-0.15, -0.1) is 11.3 Å². The number of carbonyl (C=O) groups is 2. The summed E-state index contributed by atoms with van der Waals surface area (Å²) >= 11 is 1.29. The summed E-state index contributed by atoms with van der Waals surface area (Å²) in [6.45, 7) is 3.72. The van der Waals surface area contributed by atoms with Crippen LogP contribution in [0.1, 0.15) is 28.1 Å². The number of hydrogen-bond donors (Lipinski definition) is 3. The highest BCUT2D eigenvalue weighted by Crippen LogP contribution is 2.46. The molecule has 9 nitrogen and oxygen atoms in total. The number of thiophene rings is 1. The number of anilines is 3. The first kappa shape index (κ1) is 24.2. The fourth-order valence-electron chi connectivity index (χ4n) is 5.13. The molecule has 10 heteroatoms. The minimum absolute atomic E-state index is 0.0455. The van der Waals surface area contributed by atoms with Crippen LogP contribution in [0, 0.1) is 6.92 Å². The summed E-state index contributed by atoms with van der Waals surface area (Å²) in [6.07, 6.45) is 3.63. The lowest BCUT2D eigenvalue weighted by Gasteiger charge is -2.31. The maximum Gasteiger partial charge on any atom is 0.331 e. The number of aromatic hydroxyl groups is 1. The SMILES string of the molecule is Cc1cc(Oc2ccccc2O)ccc1N1C(=O)Nc2c(C(=O)N[C@@H]3CCCN(C)C3)sc3nccc1c23. The number of ether oxygens (including phenoxy) is 1. The molecule has 4 aromatic rings. The molecule has 1 fully saturated rings. The van der Waals surface area contributed by atoms with Crippen LogP contribution >= 0.6 is 11.3 Å². The number of aromatic nitrogens is 1. The van der Waals surface area contributed by atoms with Gasteiger partial charge in [-0.1, -0.05) is 12.1 Å². The smallest absolute Gasteiger partial charge is 0.331 e. The van der Waals surface area contributed by atoms with E-state index in [-0.39, 0.29) is 23.7 Å². The second-order valence-corrected chi connectivity index (χ2v) is 10.7. The number of hydrogen-bond acceptors (Lipinski definition) is 7. The van der Waals surface area contributed by atoms with Crippen molar-refractivity contribution in [2.24, 2.45) is 0 Å². The van der Waals surface area contributed by atoms with Gasteiger partial charge in [-0.05, 0) is 75.3 Å². The first-order chi connectivity index (χ1) is 18.4. The number of para-hydroxylation sites is 2. The van der Waals surface area contributed by atoms with E-state index in [4.69, 9.17) is 4.74 Å². The van der Waals surface area contributed by atoms with E-state index in [1.54, 1.807) is 53.6 Å². The number of phenolic OH excluding ortho intramolecular Hbond substituents is 1. The highest BCUT2D eigenvalue weighted by molar-refractivity contribution is 7.21. The normalized spacial score (nSPS) is 17.4. The number of nitrogens with one attached hydrogen (secondary N) is 2. The van der Waals surface area contributed by atoms with E-state index >= 15 is 0 Å². The quantitative estimate of drug-likeness (QED) is 0.310. The number of piperidine rings is 1. The molecule has 0 aliphatic carbocycles. The molecule has 2 aliphatic heterocycles. The third-order valence-corrected chi connectivity index (χ3v) is 8.01. The number of pyridine rings is 1. The van der Waals surface area contributed by atoms with Crippen molar-refractivity contribution in [3.05, 3.63) is 65.2 Å². The first-order valence-corrected chi connectivity index (χ1v) is 13.3. The van der Waals surface area contributed by atoms with Gasteiger partial charge in [0.2, 0.25) is 0 Å².